The van der Waals surface area contributed by atoms with Gasteiger partial charge >= 0.3 is 6.03 Å². The number of benzene rings is 1. The minimum Gasteiger partial charge on any atom is -0.336 e. The number of pyridine rings is 1. The van der Waals surface area contributed by atoms with Gasteiger partial charge in [-0.25, -0.2) is 9.78 Å². The molecular weight excluding hydrogens is 202 g/mol. The molecule has 0 saturated carbocycles. The number of hydrogen-bond donors (Lipinski definition) is 1. The number of hydrogen-bond acceptors (Lipinski definition) is 2. The minimum absolute atomic E-state index is 0.0659. The molecule has 0 unspecified atom stereocenters. The van der Waals surface area contributed by atoms with Crippen molar-refractivity contribution in [2.45, 2.75) is 0 Å². The summed E-state index contributed by atoms with van der Waals surface area (Å²) in [6.07, 6.45) is 1.74. The van der Waals surface area contributed by atoms with Gasteiger partial charge in [-0.3, -0.25) is 4.90 Å². The molecule has 3 rings (SSSR count). The molecule has 4 nitrogen and oxygen atoms in total. The van der Waals surface area contributed by atoms with Crippen molar-refractivity contribution < 1.29 is 4.79 Å². The highest BCUT2D eigenvalue weighted by Gasteiger charge is 2.23. The molecule has 16 heavy (non-hydrogen) atoms. The standard InChI is InChI=1S/C12H11N3O/c16-12-14-7-8-15(12)11-10-4-2-1-3-9(10)5-6-13-11/h1-6H,7-8H2,(H,14,16). The zero-order valence-corrected chi connectivity index (χ0v) is 8.68. The zero-order valence-electron chi connectivity index (χ0n) is 8.68. The molecule has 2 amide bonds. The van der Waals surface area contributed by atoms with Crippen LogP contribution >= 0.6 is 0 Å². The van der Waals surface area contributed by atoms with E-state index in [1.807, 2.05) is 30.3 Å². The van der Waals surface area contributed by atoms with E-state index in [-0.39, 0.29) is 6.03 Å². The molecule has 1 fully saturated rings. The van der Waals surface area contributed by atoms with Crippen LogP contribution in [0.15, 0.2) is 36.5 Å². The third-order valence-corrected chi connectivity index (χ3v) is 2.77. The van der Waals surface area contributed by atoms with Crippen molar-refractivity contribution in [2.75, 3.05) is 18.0 Å². The molecule has 0 bridgehead atoms. The number of nitrogens with zero attached hydrogens (tertiary/aromatic N) is 2. The Hall–Kier alpha value is -2.10. The lowest BCUT2D eigenvalue weighted by Crippen LogP contribution is -2.28. The third kappa shape index (κ3) is 1.31. The Morgan fingerprint density at radius 1 is 1.25 bits per heavy atom. The van der Waals surface area contributed by atoms with Crippen molar-refractivity contribution in [2.24, 2.45) is 0 Å². The Balaban J connectivity index is 2.19. The van der Waals surface area contributed by atoms with Gasteiger partial charge in [-0.1, -0.05) is 24.3 Å². The summed E-state index contributed by atoms with van der Waals surface area (Å²) >= 11 is 0. The van der Waals surface area contributed by atoms with Crippen LogP contribution in [-0.2, 0) is 0 Å². The lowest BCUT2D eigenvalue weighted by molar-refractivity contribution is 0.252. The number of carbonyl (C=O) groups is 1. The van der Waals surface area contributed by atoms with E-state index in [9.17, 15) is 4.79 Å². The molecule has 1 aromatic carbocycles. The quantitative estimate of drug-likeness (QED) is 0.784. The van der Waals surface area contributed by atoms with Crippen LogP contribution in [0.3, 0.4) is 0 Å². The van der Waals surface area contributed by atoms with E-state index in [0.29, 0.717) is 13.1 Å². The largest absolute Gasteiger partial charge is 0.336 e. The highest BCUT2D eigenvalue weighted by atomic mass is 16.2. The molecule has 2 heterocycles. The second-order valence-electron chi connectivity index (χ2n) is 3.74. The second kappa shape index (κ2) is 3.48. The highest BCUT2D eigenvalue weighted by molar-refractivity contribution is 6.02. The van der Waals surface area contributed by atoms with E-state index in [1.54, 1.807) is 11.1 Å². The summed E-state index contributed by atoms with van der Waals surface area (Å²) in [7, 11) is 0. The van der Waals surface area contributed by atoms with Crippen LogP contribution in [0.25, 0.3) is 10.8 Å². The number of fused-ring (bicyclic) bond motifs is 1. The molecule has 1 aromatic heterocycles. The summed E-state index contributed by atoms with van der Waals surface area (Å²) in [5, 5.41) is 4.90. The first-order valence-electron chi connectivity index (χ1n) is 5.25. The number of carbonyl (C=O) groups excluding carboxylic acids is 1. The van der Waals surface area contributed by atoms with Crippen molar-refractivity contribution >= 4 is 22.6 Å². The molecule has 1 aliphatic heterocycles. The van der Waals surface area contributed by atoms with Crippen LogP contribution in [0.1, 0.15) is 0 Å². The van der Waals surface area contributed by atoms with Gasteiger partial charge in [0, 0.05) is 24.7 Å². The van der Waals surface area contributed by atoms with Crippen molar-refractivity contribution in [1.82, 2.24) is 10.3 Å². The first kappa shape index (κ1) is 9.15. The fourth-order valence-electron chi connectivity index (χ4n) is 1.99. The minimum atomic E-state index is -0.0659. The predicted molar refractivity (Wildman–Crippen MR) is 62.5 cm³/mol. The normalized spacial score (nSPS) is 15.5. The van der Waals surface area contributed by atoms with Gasteiger partial charge < -0.3 is 5.32 Å². The molecule has 1 N–H and O–H groups in total. The topological polar surface area (TPSA) is 45.2 Å². The Kier molecular flexibility index (Phi) is 1.99. The first-order valence-corrected chi connectivity index (χ1v) is 5.25. The number of aromatic nitrogens is 1. The molecule has 0 spiro atoms. The van der Waals surface area contributed by atoms with E-state index in [0.717, 1.165) is 16.6 Å². The monoisotopic (exact) mass is 213 g/mol. The SMILES string of the molecule is O=C1NCCN1c1nccc2ccccc12. The Bertz CT molecular complexity index is 547. The summed E-state index contributed by atoms with van der Waals surface area (Å²) < 4.78 is 0. The van der Waals surface area contributed by atoms with Gasteiger partial charge in [-0.15, -0.1) is 0 Å². The van der Waals surface area contributed by atoms with Gasteiger partial charge in [0.05, 0.1) is 0 Å². The van der Waals surface area contributed by atoms with E-state index >= 15 is 0 Å². The molecular formula is C12H11N3O. The zero-order chi connectivity index (χ0) is 11.0. The van der Waals surface area contributed by atoms with Crippen LogP contribution in [0.5, 0.6) is 0 Å². The number of anilines is 1. The fourth-order valence-corrected chi connectivity index (χ4v) is 1.99. The lowest BCUT2D eigenvalue weighted by atomic mass is 10.1. The Labute approximate surface area is 92.9 Å². The predicted octanol–water partition coefficient (Wildman–Crippen LogP) is 1.76. The molecule has 2 aromatic rings. The smallest absolute Gasteiger partial charge is 0.323 e. The molecule has 0 aliphatic carbocycles. The van der Waals surface area contributed by atoms with Crippen molar-refractivity contribution in [3.63, 3.8) is 0 Å². The van der Waals surface area contributed by atoms with Gasteiger partial charge in [-0.05, 0) is 11.5 Å². The highest BCUT2D eigenvalue weighted by Crippen LogP contribution is 2.24. The van der Waals surface area contributed by atoms with Gasteiger partial charge in [0.25, 0.3) is 0 Å². The van der Waals surface area contributed by atoms with Crippen LogP contribution in [0, 0.1) is 0 Å². The molecule has 0 atom stereocenters. The second-order valence-corrected chi connectivity index (χ2v) is 3.74. The number of urea groups is 1. The van der Waals surface area contributed by atoms with Crippen LogP contribution in [-0.4, -0.2) is 24.1 Å². The average molecular weight is 213 g/mol. The van der Waals surface area contributed by atoms with E-state index in [2.05, 4.69) is 10.3 Å². The van der Waals surface area contributed by atoms with Crippen LogP contribution in [0.2, 0.25) is 0 Å². The van der Waals surface area contributed by atoms with Crippen molar-refractivity contribution in [1.29, 1.82) is 0 Å². The lowest BCUT2D eigenvalue weighted by Gasteiger charge is -2.14. The first-order chi connectivity index (χ1) is 7.86. The third-order valence-electron chi connectivity index (χ3n) is 2.77. The average Bonchev–Trinajstić information content (AvgIpc) is 2.75. The van der Waals surface area contributed by atoms with E-state index in [4.69, 9.17) is 0 Å². The van der Waals surface area contributed by atoms with E-state index in [1.165, 1.54) is 0 Å². The molecule has 0 radical (unpaired) electrons. The molecule has 1 aliphatic rings. The summed E-state index contributed by atoms with van der Waals surface area (Å²) in [5.74, 6) is 0.744. The maximum Gasteiger partial charge on any atom is 0.323 e. The number of nitrogens with one attached hydrogen (secondary N) is 1. The van der Waals surface area contributed by atoms with Gasteiger partial charge in [0.1, 0.15) is 5.82 Å². The number of rotatable bonds is 1. The molecule has 4 heteroatoms. The van der Waals surface area contributed by atoms with Gasteiger partial charge in [0.15, 0.2) is 0 Å². The van der Waals surface area contributed by atoms with Gasteiger partial charge in [0.2, 0.25) is 0 Å². The van der Waals surface area contributed by atoms with Crippen LogP contribution in [0.4, 0.5) is 10.6 Å². The maximum atomic E-state index is 11.6. The van der Waals surface area contributed by atoms with Crippen molar-refractivity contribution in [3.05, 3.63) is 36.5 Å². The summed E-state index contributed by atoms with van der Waals surface area (Å²) in [5.41, 5.74) is 0. The summed E-state index contributed by atoms with van der Waals surface area (Å²) in [6, 6.07) is 9.84. The molecule has 1 saturated heterocycles. The van der Waals surface area contributed by atoms with Crippen molar-refractivity contribution in [3.8, 4) is 0 Å². The fraction of sp³-hybridized carbons (Fsp3) is 0.167. The van der Waals surface area contributed by atoms with Gasteiger partial charge in [-0.2, -0.15) is 0 Å². The number of amides is 2. The Morgan fingerprint density at radius 3 is 2.94 bits per heavy atom. The summed E-state index contributed by atoms with van der Waals surface area (Å²) in [6.45, 7) is 1.36. The maximum absolute atomic E-state index is 11.6. The summed E-state index contributed by atoms with van der Waals surface area (Å²) in [4.78, 5) is 17.6. The van der Waals surface area contributed by atoms with E-state index < -0.39 is 0 Å². The van der Waals surface area contributed by atoms with Crippen LogP contribution < -0.4 is 10.2 Å². The Morgan fingerprint density at radius 2 is 2.12 bits per heavy atom. The molecule has 80 valence electrons.